The Balaban J connectivity index is 1.97. The van der Waals surface area contributed by atoms with Gasteiger partial charge in [0.25, 0.3) is 0 Å². The van der Waals surface area contributed by atoms with Gasteiger partial charge in [0.2, 0.25) is 0 Å². The van der Waals surface area contributed by atoms with Crippen molar-refractivity contribution < 1.29 is 22.7 Å². The third-order valence-electron chi connectivity index (χ3n) is 4.64. The number of halogens is 3. The van der Waals surface area contributed by atoms with Crippen LogP contribution < -0.4 is 0 Å². The van der Waals surface area contributed by atoms with E-state index in [0.717, 1.165) is 0 Å². The molecule has 0 unspecified atom stereocenters. The fourth-order valence-corrected chi connectivity index (χ4v) is 5.51. The van der Waals surface area contributed by atoms with Crippen molar-refractivity contribution in [2.75, 3.05) is 13.2 Å². The largest absolute Gasteiger partial charge is 0.408 e. The summed E-state index contributed by atoms with van der Waals surface area (Å²) in [5, 5.41) is 0. The minimum atomic E-state index is -1.99. The van der Waals surface area contributed by atoms with Gasteiger partial charge in [-0.1, -0.05) is 0 Å². The molecule has 0 radical (unpaired) electrons. The van der Waals surface area contributed by atoms with Gasteiger partial charge in [-0.25, -0.2) is 8.78 Å². The summed E-state index contributed by atoms with van der Waals surface area (Å²) in [5.41, 5.74) is -0.519. The molecule has 1 aliphatic heterocycles. The molecule has 3 nitrogen and oxygen atoms in total. The lowest BCUT2D eigenvalue weighted by molar-refractivity contribution is -0.201. The molecule has 3 rings (SSSR count). The molecular weight excluding hydrogens is 398 g/mol. The summed E-state index contributed by atoms with van der Waals surface area (Å²) in [6.07, 6.45) is 2.34. The zero-order valence-electron chi connectivity index (χ0n) is 14.3. The molecule has 134 valence electrons. The molecule has 0 aromatic heterocycles. The lowest BCUT2D eigenvalue weighted by Crippen LogP contribution is -2.48. The third kappa shape index (κ3) is 3.60. The highest BCUT2D eigenvalue weighted by Crippen LogP contribution is 2.49. The maximum atomic E-state index is 14.7. The molecule has 2 fully saturated rings. The summed E-state index contributed by atoms with van der Waals surface area (Å²) in [6, 6.07) is 2.46. The average Bonchev–Trinajstić information content (AvgIpc) is 2.93. The van der Waals surface area contributed by atoms with E-state index in [0.29, 0.717) is 44.5 Å². The number of rotatable bonds is 3. The van der Waals surface area contributed by atoms with Gasteiger partial charge in [-0.3, -0.25) is 0 Å². The van der Waals surface area contributed by atoms with Crippen LogP contribution in [0.25, 0.3) is 0 Å². The van der Waals surface area contributed by atoms with Gasteiger partial charge in [-0.2, -0.15) is 0 Å². The second-order valence-corrected chi connectivity index (χ2v) is 12.8. The molecule has 0 bridgehead atoms. The van der Waals surface area contributed by atoms with E-state index in [1.807, 2.05) is 0 Å². The topological polar surface area (TPSA) is 27.7 Å². The normalized spacial score (nSPS) is 22.9. The first-order valence-electron chi connectivity index (χ1n) is 8.28. The number of hydrogen-bond donors (Lipinski definition) is 0. The van der Waals surface area contributed by atoms with Crippen LogP contribution >= 0.6 is 15.9 Å². The van der Waals surface area contributed by atoms with Gasteiger partial charge in [0.1, 0.15) is 11.6 Å². The van der Waals surface area contributed by atoms with E-state index in [9.17, 15) is 8.78 Å². The van der Waals surface area contributed by atoms with Crippen LogP contribution in [-0.2, 0) is 19.5 Å². The van der Waals surface area contributed by atoms with Crippen LogP contribution in [0, 0.1) is 11.6 Å². The standard InChI is InChI=1S/C17H23BrF2O3Si/c1-24(2,3)23-16(12-10-15(20)13(18)11-14(12)19)4-6-17(7-5-16)21-8-9-22-17/h10-11H,4-9H2,1-3H3. The molecule has 1 aromatic carbocycles. The van der Waals surface area contributed by atoms with Crippen molar-refractivity contribution in [3.8, 4) is 0 Å². The second kappa shape index (κ2) is 6.43. The van der Waals surface area contributed by atoms with E-state index in [1.54, 1.807) is 0 Å². The van der Waals surface area contributed by atoms with Crippen molar-refractivity contribution in [2.45, 2.75) is 56.7 Å². The zero-order chi connectivity index (χ0) is 17.6. The first-order chi connectivity index (χ1) is 11.1. The smallest absolute Gasteiger partial charge is 0.184 e. The molecule has 1 aromatic rings. The van der Waals surface area contributed by atoms with Gasteiger partial charge in [-0.05, 0) is 60.5 Å². The Morgan fingerprint density at radius 1 is 1.00 bits per heavy atom. The van der Waals surface area contributed by atoms with Crippen molar-refractivity contribution in [3.05, 3.63) is 33.8 Å². The summed E-state index contributed by atoms with van der Waals surface area (Å²) < 4.78 is 46.9. The summed E-state index contributed by atoms with van der Waals surface area (Å²) >= 11 is 3.04. The van der Waals surface area contributed by atoms with Gasteiger partial charge in [0, 0.05) is 18.4 Å². The summed E-state index contributed by atoms with van der Waals surface area (Å²) in [7, 11) is -1.99. The van der Waals surface area contributed by atoms with Crippen LogP contribution in [0.5, 0.6) is 0 Å². The Bertz CT molecular complexity index is 617. The highest BCUT2D eigenvalue weighted by molar-refractivity contribution is 9.10. The predicted octanol–water partition coefficient (Wildman–Crippen LogP) is 5.09. The van der Waals surface area contributed by atoms with Gasteiger partial charge >= 0.3 is 0 Å². The fraction of sp³-hybridized carbons (Fsp3) is 0.647. The predicted molar refractivity (Wildman–Crippen MR) is 93.3 cm³/mol. The van der Waals surface area contributed by atoms with E-state index in [2.05, 4.69) is 35.6 Å². The summed E-state index contributed by atoms with van der Waals surface area (Å²) in [5.74, 6) is -1.49. The van der Waals surface area contributed by atoms with Crippen LogP contribution in [0.2, 0.25) is 19.6 Å². The lowest BCUT2D eigenvalue weighted by atomic mass is 9.77. The van der Waals surface area contributed by atoms with Gasteiger partial charge < -0.3 is 13.9 Å². The molecule has 1 aliphatic carbocycles. The van der Waals surface area contributed by atoms with Crippen LogP contribution in [0.3, 0.4) is 0 Å². The average molecular weight is 421 g/mol. The zero-order valence-corrected chi connectivity index (χ0v) is 16.8. The highest BCUT2D eigenvalue weighted by atomic mass is 79.9. The molecule has 7 heteroatoms. The lowest BCUT2D eigenvalue weighted by Gasteiger charge is -2.46. The maximum Gasteiger partial charge on any atom is 0.184 e. The van der Waals surface area contributed by atoms with E-state index >= 15 is 0 Å². The van der Waals surface area contributed by atoms with Crippen molar-refractivity contribution in [3.63, 3.8) is 0 Å². The summed E-state index contributed by atoms with van der Waals surface area (Å²) in [6.45, 7) is 7.37. The van der Waals surface area contributed by atoms with Crippen LogP contribution in [0.4, 0.5) is 8.78 Å². The molecule has 0 atom stereocenters. The molecular formula is C17H23BrF2O3Si. The Morgan fingerprint density at radius 2 is 1.58 bits per heavy atom. The minimum absolute atomic E-state index is 0.127. The quantitative estimate of drug-likeness (QED) is 0.503. The summed E-state index contributed by atoms with van der Waals surface area (Å²) in [4.78, 5) is 0. The van der Waals surface area contributed by atoms with Crippen molar-refractivity contribution >= 4 is 24.2 Å². The monoisotopic (exact) mass is 420 g/mol. The van der Waals surface area contributed by atoms with Gasteiger partial charge in [0.15, 0.2) is 14.1 Å². The van der Waals surface area contributed by atoms with E-state index < -0.39 is 31.3 Å². The molecule has 1 heterocycles. The van der Waals surface area contributed by atoms with Crippen molar-refractivity contribution in [1.29, 1.82) is 0 Å². The highest BCUT2D eigenvalue weighted by Gasteiger charge is 2.50. The van der Waals surface area contributed by atoms with E-state index in [1.165, 1.54) is 12.1 Å². The third-order valence-corrected chi connectivity index (χ3v) is 6.25. The molecule has 1 saturated heterocycles. The van der Waals surface area contributed by atoms with Crippen LogP contribution in [0.1, 0.15) is 31.2 Å². The van der Waals surface area contributed by atoms with Crippen molar-refractivity contribution in [1.82, 2.24) is 0 Å². The Labute approximate surface area is 150 Å². The molecule has 0 N–H and O–H groups in total. The first-order valence-corrected chi connectivity index (χ1v) is 12.5. The molecule has 2 aliphatic rings. The maximum absolute atomic E-state index is 14.7. The van der Waals surface area contributed by atoms with E-state index in [-0.39, 0.29) is 4.47 Å². The molecule has 1 saturated carbocycles. The Kier molecular flexibility index (Phi) is 4.94. The minimum Gasteiger partial charge on any atom is -0.408 e. The van der Waals surface area contributed by atoms with Crippen LogP contribution in [0.15, 0.2) is 16.6 Å². The molecule has 0 amide bonds. The van der Waals surface area contributed by atoms with Gasteiger partial charge in [-0.15, -0.1) is 0 Å². The number of benzene rings is 1. The van der Waals surface area contributed by atoms with Gasteiger partial charge in [0.05, 0.1) is 23.3 Å². The van der Waals surface area contributed by atoms with Crippen LogP contribution in [-0.4, -0.2) is 27.3 Å². The fourth-order valence-electron chi connectivity index (χ4n) is 3.70. The van der Waals surface area contributed by atoms with Crippen molar-refractivity contribution in [2.24, 2.45) is 0 Å². The second-order valence-electron chi connectivity index (χ2n) is 7.56. The Hall–Kier alpha value is -0.343. The molecule has 24 heavy (non-hydrogen) atoms. The number of hydrogen-bond acceptors (Lipinski definition) is 3. The SMILES string of the molecule is C[Si](C)(C)OC1(c2cc(F)c(Br)cc2F)CCC2(CC1)OCCO2. The first kappa shape index (κ1) is 18.4. The molecule has 1 spiro atoms. The van der Waals surface area contributed by atoms with E-state index in [4.69, 9.17) is 13.9 Å². The number of ether oxygens (including phenoxy) is 2. The Morgan fingerprint density at radius 3 is 2.12 bits per heavy atom.